The second-order valence-corrected chi connectivity index (χ2v) is 3.45. The summed E-state index contributed by atoms with van der Waals surface area (Å²) >= 11 is 0. The first-order valence-corrected chi connectivity index (χ1v) is 4.65. The minimum atomic E-state index is -0.256. The molecule has 0 radical (unpaired) electrons. The maximum absolute atomic E-state index is 13.2. The first-order valence-electron chi connectivity index (χ1n) is 4.65. The topological polar surface area (TPSA) is 38.9 Å². The zero-order valence-electron chi connectivity index (χ0n) is 8.37. The number of nitrogens with two attached hydrogens (primary N) is 1. The summed E-state index contributed by atoms with van der Waals surface area (Å²) in [4.78, 5) is 3.97. The number of nitrogen functional groups attached to an aromatic ring is 1. The second-order valence-electron chi connectivity index (χ2n) is 3.45. The van der Waals surface area contributed by atoms with E-state index in [4.69, 9.17) is 5.73 Å². The van der Waals surface area contributed by atoms with Gasteiger partial charge in [-0.2, -0.15) is 0 Å². The van der Waals surface area contributed by atoms with Crippen molar-refractivity contribution >= 4 is 5.82 Å². The highest BCUT2D eigenvalue weighted by molar-refractivity contribution is 5.73. The third kappa shape index (κ3) is 1.96. The Kier molecular flexibility index (Phi) is 2.37. The highest BCUT2D eigenvalue weighted by atomic mass is 19.1. The van der Waals surface area contributed by atoms with Gasteiger partial charge in [-0.1, -0.05) is 6.07 Å². The lowest BCUT2D eigenvalue weighted by atomic mass is 10.0. The van der Waals surface area contributed by atoms with Crippen LogP contribution in [0.1, 0.15) is 5.56 Å². The maximum Gasteiger partial charge on any atom is 0.131 e. The fourth-order valence-corrected chi connectivity index (χ4v) is 1.55. The van der Waals surface area contributed by atoms with E-state index in [1.165, 1.54) is 12.1 Å². The van der Waals surface area contributed by atoms with Gasteiger partial charge in [0.15, 0.2) is 0 Å². The molecule has 0 aliphatic rings. The monoisotopic (exact) mass is 202 g/mol. The molecule has 0 saturated heterocycles. The first kappa shape index (κ1) is 9.65. The lowest BCUT2D eigenvalue weighted by molar-refractivity contribution is 0.627. The fraction of sp³-hybridized carbons (Fsp3) is 0.0833. The molecule has 0 amide bonds. The second kappa shape index (κ2) is 3.69. The van der Waals surface area contributed by atoms with Crippen LogP contribution in [0.15, 0.2) is 36.5 Å². The van der Waals surface area contributed by atoms with Gasteiger partial charge in [0.25, 0.3) is 0 Å². The number of benzene rings is 1. The Morgan fingerprint density at radius 3 is 2.73 bits per heavy atom. The Bertz CT molecular complexity index is 474. The van der Waals surface area contributed by atoms with Crippen molar-refractivity contribution in [2.45, 2.75) is 6.92 Å². The molecule has 2 rings (SSSR count). The van der Waals surface area contributed by atoms with Crippen molar-refractivity contribution in [3.63, 3.8) is 0 Å². The molecule has 0 aliphatic carbocycles. The molecule has 1 heterocycles. The van der Waals surface area contributed by atoms with E-state index in [2.05, 4.69) is 4.98 Å². The highest BCUT2D eigenvalue weighted by Gasteiger charge is 2.04. The Morgan fingerprint density at radius 1 is 1.27 bits per heavy atom. The van der Waals surface area contributed by atoms with Crippen LogP contribution in [0.3, 0.4) is 0 Å². The number of nitrogens with zero attached hydrogens (tertiary/aromatic N) is 1. The average molecular weight is 202 g/mol. The lowest BCUT2D eigenvalue weighted by Crippen LogP contribution is -1.93. The molecule has 0 unspecified atom stereocenters. The third-order valence-electron chi connectivity index (χ3n) is 2.19. The number of aryl methyl sites for hydroxylation is 1. The standard InChI is InChI=1S/C12H11FN2/c1-8-5-9(7-10(13)6-8)11-3-2-4-15-12(11)14/h2-7H,1H3,(H2,14,15). The summed E-state index contributed by atoms with van der Waals surface area (Å²) in [6.45, 7) is 1.85. The SMILES string of the molecule is Cc1cc(F)cc(-c2cccnc2N)c1. The number of pyridine rings is 1. The molecule has 1 aromatic carbocycles. The van der Waals surface area contributed by atoms with Crippen LogP contribution >= 0.6 is 0 Å². The summed E-state index contributed by atoms with van der Waals surface area (Å²) < 4.78 is 13.2. The van der Waals surface area contributed by atoms with Gasteiger partial charge in [-0.3, -0.25) is 0 Å². The van der Waals surface area contributed by atoms with Crippen LogP contribution in [-0.4, -0.2) is 4.98 Å². The summed E-state index contributed by atoms with van der Waals surface area (Å²) in [5.74, 6) is 0.163. The van der Waals surface area contributed by atoms with Gasteiger partial charge < -0.3 is 5.73 Å². The molecule has 0 bridgehead atoms. The maximum atomic E-state index is 13.2. The first-order chi connectivity index (χ1) is 7.16. The van der Waals surface area contributed by atoms with Crippen molar-refractivity contribution in [2.75, 3.05) is 5.73 Å². The van der Waals surface area contributed by atoms with Crippen LogP contribution in [0.4, 0.5) is 10.2 Å². The van der Waals surface area contributed by atoms with E-state index in [1.807, 2.05) is 19.1 Å². The van der Waals surface area contributed by atoms with Gasteiger partial charge in [0.2, 0.25) is 0 Å². The van der Waals surface area contributed by atoms with E-state index in [-0.39, 0.29) is 5.82 Å². The van der Waals surface area contributed by atoms with Gasteiger partial charge in [-0.25, -0.2) is 9.37 Å². The normalized spacial score (nSPS) is 10.3. The van der Waals surface area contributed by atoms with Crippen LogP contribution in [0.25, 0.3) is 11.1 Å². The number of rotatable bonds is 1. The third-order valence-corrected chi connectivity index (χ3v) is 2.19. The number of hydrogen-bond acceptors (Lipinski definition) is 2. The van der Waals surface area contributed by atoms with E-state index in [9.17, 15) is 4.39 Å². The molecule has 3 heteroatoms. The zero-order chi connectivity index (χ0) is 10.8. The van der Waals surface area contributed by atoms with Gasteiger partial charge in [0, 0.05) is 11.8 Å². The highest BCUT2D eigenvalue weighted by Crippen LogP contribution is 2.25. The van der Waals surface area contributed by atoms with Crippen molar-refractivity contribution in [1.29, 1.82) is 0 Å². The molecular formula is C12H11FN2. The van der Waals surface area contributed by atoms with E-state index in [1.54, 1.807) is 12.3 Å². The number of aromatic nitrogens is 1. The predicted molar refractivity (Wildman–Crippen MR) is 58.8 cm³/mol. The van der Waals surface area contributed by atoms with E-state index in [0.29, 0.717) is 5.82 Å². The number of halogens is 1. The zero-order valence-corrected chi connectivity index (χ0v) is 8.37. The minimum absolute atomic E-state index is 0.256. The summed E-state index contributed by atoms with van der Waals surface area (Å²) in [6.07, 6.45) is 1.62. The van der Waals surface area contributed by atoms with Gasteiger partial charge in [0.05, 0.1) is 0 Å². The molecule has 0 spiro atoms. The molecule has 0 saturated carbocycles. The van der Waals surface area contributed by atoms with Crippen molar-refractivity contribution < 1.29 is 4.39 Å². The number of anilines is 1. The summed E-state index contributed by atoms with van der Waals surface area (Å²) in [5.41, 5.74) is 8.11. The molecule has 15 heavy (non-hydrogen) atoms. The van der Waals surface area contributed by atoms with Crippen molar-refractivity contribution in [3.05, 3.63) is 47.9 Å². The van der Waals surface area contributed by atoms with Crippen LogP contribution < -0.4 is 5.73 Å². The van der Waals surface area contributed by atoms with Crippen LogP contribution in [0.2, 0.25) is 0 Å². The molecule has 0 aliphatic heterocycles. The molecule has 0 fully saturated rings. The Morgan fingerprint density at radius 2 is 2.07 bits per heavy atom. The van der Waals surface area contributed by atoms with Gasteiger partial charge in [-0.05, 0) is 42.3 Å². The molecule has 2 nitrogen and oxygen atoms in total. The summed E-state index contributed by atoms with van der Waals surface area (Å²) in [7, 11) is 0. The van der Waals surface area contributed by atoms with Crippen LogP contribution in [0.5, 0.6) is 0 Å². The van der Waals surface area contributed by atoms with E-state index >= 15 is 0 Å². The smallest absolute Gasteiger partial charge is 0.131 e. The fourth-order valence-electron chi connectivity index (χ4n) is 1.55. The van der Waals surface area contributed by atoms with E-state index in [0.717, 1.165) is 16.7 Å². The van der Waals surface area contributed by atoms with Crippen LogP contribution in [0, 0.1) is 12.7 Å². The van der Waals surface area contributed by atoms with Crippen molar-refractivity contribution in [2.24, 2.45) is 0 Å². The molecule has 0 atom stereocenters. The molecule has 2 aromatic rings. The van der Waals surface area contributed by atoms with E-state index < -0.39 is 0 Å². The molecular weight excluding hydrogens is 191 g/mol. The minimum Gasteiger partial charge on any atom is -0.383 e. The largest absolute Gasteiger partial charge is 0.383 e. The predicted octanol–water partition coefficient (Wildman–Crippen LogP) is 2.78. The Hall–Kier alpha value is -1.90. The molecule has 1 aromatic heterocycles. The number of hydrogen-bond donors (Lipinski definition) is 1. The summed E-state index contributed by atoms with van der Waals surface area (Å²) in [5, 5.41) is 0. The molecule has 2 N–H and O–H groups in total. The quantitative estimate of drug-likeness (QED) is 0.772. The van der Waals surface area contributed by atoms with Crippen molar-refractivity contribution in [1.82, 2.24) is 4.98 Å². The Balaban J connectivity index is 2.59. The van der Waals surface area contributed by atoms with Gasteiger partial charge >= 0.3 is 0 Å². The average Bonchev–Trinajstić information content (AvgIpc) is 2.16. The summed E-state index contributed by atoms with van der Waals surface area (Å²) in [6, 6.07) is 8.44. The lowest BCUT2D eigenvalue weighted by Gasteiger charge is -2.05. The van der Waals surface area contributed by atoms with Crippen molar-refractivity contribution in [3.8, 4) is 11.1 Å². The van der Waals surface area contributed by atoms with Crippen LogP contribution in [-0.2, 0) is 0 Å². The van der Waals surface area contributed by atoms with Gasteiger partial charge in [-0.15, -0.1) is 0 Å². The van der Waals surface area contributed by atoms with Gasteiger partial charge in [0.1, 0.15) is 11.6 Å². The Labute approximate surface area is 87.6 Å². The molecule has 76 valence electrons.